The van der Waals surface area contributed by atoms with Crippen LogP contribution in [0.4, 0.5) is 17.6 Å². The number of likely N-dealkylation sites (tertiary alicyclic amines) is 1. The van der Waals surface area contributed by atoms with Gasteiger partial charge in [-0.3, -0.25) is 9.69 Å². The smallest absolute Gasteiger partial charge is 0.235 e. The van der Waals surface area contributed by atoms with Crippen molar-refractivity contribution in [3.05, 3.63) is 94.8 Å². The fourth-order valence-corrected chi connectivity index (χ4v) is 4.93. The van der Waals surface area contributed by atoms with Gasteiger partial charge in [0.1, 0.15) is 11.7 Å². The molecule has 9 heteroatoms. The minimum absolute atomic E-state index is 0.0986. The summed E-state index contributed by atoms with van der Waals surface area (Å²) in [6.45, 7) is 14.6. The van der Waals surface area contributed by atoms with Crippen LogP contribution < -0.4 is 5.32 Å². The number of hydrogen-bond acceptors (Lipinski definition) is 4. The molecular weight excluding hydrogens is 558 g/mol. The molecular formula is C34H49F4N3O2. The third-order valence-electron chi connectivity index (χ3n) is 7.46. The number of piperidine rings is 1. The highest BCUT2D eigenvalue weighted by Crippen LogP contribution is 2.41. The third kappa shape index (κ3) is 13.3. The first kappa shape index (κ1) is 37.9. The Morgan fingerprint density at radius 1 is 1.14 bits per heavy atom. The van der Waals surface area contributed by atoms with Crippen LogP contribution in [-0.4, -0.2) is 63.0 Å². The van der Waals surface area contributed by atoms with E-state index >= 15 is 0 Å². The number of methoxy groups -OCH3 is 1. The number of benzene rings is 1. The average Bonchev–Trinajstić information content (AvgIpc) is 2.91. The van der Waals surface area contributed by atoms with Gasteiger partial charge >= 0.3 is 0 Å². The number of halogens is 4. The lowest BCUT2D eigenvalue weighted by molar-refractivity contribution is -0.119. The molecule has 0 bridgehead atoms. The maximum Gasteiger partial charge on any atom is 0.235 e. The molecule has 1 saturated heterocycles. The summed E-state index contributed by atoms with van der Waals surface area (Å²) in [5, 5.41) is 2.96. The molecule has 1 fully saturated rings. The summed E-state index contributed by atoms with van der Waals surface area (Å²) in [6, 6.07) is 7.79. The summed E-state index contributed by atoms with van der Waals surface area (Å²) < 4.78 is 54.2. The Morgan fingerprint density at radius 3 is 2.14 bits per heavy atom. The molecule has 43 heavy (non-hydrogen) atoms. The van der Waals surface area contributed by atoms with Crippen LogP contribution in [0.1, 0.15) is 64.6 Å². The van der Waals surface area contributed by atoms with Crippen molar-refractivity contribution >= 4 is 5.91 Å². The van der Waals surface area contributed by atoms with E-state index in [1.807, 2.05) is 46.2 Å². The van der Waals surface area contributed by atoms with Crippen molar-refractivity contribution in [1.82, 2.24) is 15.1 Å². The van der Waals surface area contributed by atoms with Gasteiger partial charge in [-0.15, -0.1) is 0 Å². The molecule has 1 aromatic carbocycles. The van der Waals surface area contributed by atoms with E-state index in [9.17, 15) is 22.4 Å². The maximum atomic E-state index is 15.0. The topological polar surface area (TPSA) is 44.8 Å². The first-order valence-electron chi connectivity index (χ1n) is 14.4. The van der Waals surface area contributed by atoms with Crippen molar-refractivity contribution < 1.29 is 27.1 Å². The van der Waals surface area contributed by atoms with Gasteiger partial charge in [0.25, 0.3) is 0 Å². The van der Waals surface area contributed by atoms with Crippen molar-refractivity contribution in [2.45, 2.75) is 66.5 Å². The molecule has 2 rings (SSSR count). The molecule has 1 unspecified atom stereocenters. The highest BCUT2D eigenvalue weighted by atomic mass is 19.3. The van der Waals surface area contributed by atoms with Gasteiger partial charge in [-0.05, 0) is 74.9 Å². The molecule has 5 nitrogen and oxygen atoms in total. The van der Waals surface area contributed by atoms with Crippen molar-refractivity contribution in [3.8, 4) is 0 Å². The minimum atomic E-state index is -2.17. The zero-order valence-corrected chi connectivity index (χ0v) is 26.9. The minimum Gasteiger partial charge on any atom is -0.381 e. The second kappa shape index (κ2) is 18.5. The number of nitrogens with one attached hydrogen (secondary N) is 1. The van der Waals surface area contributed by atoms with Crippen LogP contribution >= 0.6 is 0 Å². The zero-order chi connectivity index (χ0) is 32.7. The summed E-state index contributed by atoms with van der Waals surface area (Å²) in [5.74, 6) is -0.950. The second-order valence-corrected chi connectivity index (χ2v) is 11.3. The van der Waals surface area contributed by atoms with Crippen LogP contribution in [0.25, 0.3) is 0 Å². The van der Waals surface area contributed by atoms with E-state index < -0.39 is 12.3 Å². The Balaban J connectivity index is 0.00000217. The molecule has 1 N–H and O–H groups in total. The van der Waals surface area contributed by atoms with E-state index in [1.54, 1.807) is 18.1 Å². The SMILES string of the molecule is C=C(F)/C=C\C(=C/C)C(NC(C)=O)c1ccc(CN2CCC(C)(/C(C)=C(COC)/C(F)=C\N(C)C)CC2)cc1.CC(F)F. The number of allylic oxidation sites excluding steroid dienone is 4. The van der Waals surface area contributed by atoms with E-state index in [1.165, 1.54) is 24.8 Å². The van der Waals surface area contributed by atoms with Crippen LogP contribution in [0.2, 0.25) is 0 Å². The van der Waals surface area contributed by atoms with Crippen LogP contribution in [0.3, 0.4) is 0 Å². The quantitative estimate of drug-likeness (QED) is 0.193. The molecule has 1 aliphatic rings. The number of nitrogens with zero attached hydrogens (tertiary/aromatic N) is 2. The predicted octanol–water partition coefficient (Wildman–Crippen LogP) is 8.06. The van der Waals surface area contributed by atoms with Crippen molar-refractivity contribution in [2.75, 3.05) is 40.9 Å². The van der Waals surface area contributed by atoms with Gasteiger partial charge in [0.2, 0.25) is 12.3 Å². The molecule has 1 aromatic rings. The average molecular weight is 608 g/mol. The lowest BCUT2D eigenvalue weighted by Crippen LogP contribution is -2.39. The van der Waals surface area contributed by atoms with E-state index in [0.29, 0.717) is 5.57 Å². The largest absolute Gasteiger partial charge is 0.381 e. The van der Waals surface area contributed by atoms with Crippen molar-refractivity contribution in [2.24, 2.45) is 5.41 Å². The third-order valence-corrected chi connectivity index (χ3v) is 7.46. The van der Waals surface area contributed by atoms with Crippen LogP contribution in [0, 0.1) is 5.41 Å². The number of rotatable bonds is 12. The van der Waals surface area contributed by atoms with Gasteiger partial charge in [0.15, 0.2) is 0 Å². The van der Waals surface area contributed by atoms with Crippen LogP contribution in [0.5, 0.6) is 0 Å². The van der Waals surface area contributed by atoms with Gasteiger partial charge in [0.05, 0.1) is 12.6 Å². The number of hydrogen-bond donors (Lipinski definition) is 1. The summed E-state index contributed by atoms with van der Waals surface area (Å²) >= 11 is 0. The molecule has 0 radical (unpaired) electrons. The Labute approximate surface area is 255 Å². The van der Waals surface area contributed by atoms with Crippen LogP contribution in [-0.2, 0) is 16.1 Å². The molecule has 1 atom stereocenters. The fraction of sp³-hybridized carbons (Fsp3) is 0.500. The standard InChI is InChI=1S/C32H45F2N3O2.C2H4F2/c1-9-27(13-10-23(2)33)31(35-25(4)38)28-14-11-26(12-15-28)20-37-18-16-32(5,17-19-37)24(3)29(22-39-8)30(34)21-36(6)7;1-2(3)4/h9-15,21,31H,2,16-20,22H2,1,3-8H3,(H,35,38);2H,1H3/b13-10-,27-9+,29-24+,30-21+;. The second-order valence-electron chi connectivity index (χ2n) is 11.3. The van der Waals surface area contributed by atoms with E-state index in [-0.39, 0.29) is 29.8 Å². The van der Waals surface area contributed by atoms with Gasteiger partial charge in [-0.2, -0.15) is 0 Å². The van der Waals surface area contributed by atoms with E-state index in [4.69, 9.17) is 4.74 Å². The van der Waals surface area contributed by atoms with Crippen LogP contribution in [0.15, 0.2) is 83.6 Å². The lowest BCUT2D eigenvalue weighted by atomic mass is 9.73. The molecule has 1 amide bonds. The van der Waals surface area contributed by atoms with Crippen molar-refractivity contribution in [3.63, 3.8) is 0 Å². The van der Waals surface area contributed by atoms with Crippen molar-refractivity contribution in [1.29, 1.82) is 0 Å². The predicted molar refractivity (Wildman–Crippen MR) is 168 cm³/mol. The number of amides is 1. The summed E-state index contributed by atoms with van der Waals surface area (Å²) in [5.41, 5.74) is 4.46. The molecule has 0 spiro atoms. The molecule has 1 aliphatic heterocycles. The van der Waals surface area contributed by atoms with Gasteiger partial charge in [-0.25, -0.2) is 17.6 Å². The molecule has 240 valence electrons. The van der Waals surface area contributed by atoms with E-state index in [2.05, 4.69) is 35.9 Å². The first-order chi connectivity index (χ1) is 20.1. The lowest BCUT2D eigenvalue weighted by Gasteiger charge is -2.41. The highest BCUT2D eigenvalue weighted by molar-refractivity contribution is 5.74. The Bertz CT molecular complexity index is 1160. The zero-order valence-electron chi connectivity index (χ0n) is 26.9. The number of carbonyl (C=O) groups is 1. The molecule has 1 heterocycles. The summed E-state index contributed by atoms with van der Waals surface area (Å²) in [7, 11) is 5.22. The summed E-state index contributed by atoms with van der Waals surface area (Å²) in [4.78, 5) is 16.0. The molecule has 0 aromatic heterocycles. The number of alkyl halides is 2. The Hall–Kier alpha value is -3.17. The maximum absolute atomic E-state index is 15.0. The highest BCUT2D eigenvalue weighted by Gasteiger charge is 2.34. The van der Waals surface area contributed by atoms with Gasteiger partial charge in [0, 0.05) is 46.4 Å². The molecule has 0 saturated carbocycles. The Kier molecular flexibility index (Phi) is 16.3. The fourth-order valence-electron chi connectivity index (χ4n) is 4.93. The number of carbonyl (C=O) groups excluding carboxylic acids is 1. The monoisotopic (exact) mass is 607 g/mol. The van der Waals surface area contributed by atoms with E-state index in [0.717, 1.165) is 56.1 Å². The summed E-state index contributed by atoms with van der Waals surface area (Å²) in [6.07, 6.45) is 5.99. The van der Waals surface area contributed by atoms with Gasteiger partial charge in [-0.1, -0.05) is 55.5 Å². The first-order valence-corrected chi connectivity index (χ1v) is 14.4. The molecule has 0 aliphatic carbocycles. The van der Waals surface area contributed by atoms with Gasteiger partial charge < -0.3 is 15.0 Å². The number of ether oxygens (including phenoxy) is 1. The normalized spacial score (nSPS) is 17.2. The Morgan fingerprint density at radius 2 is 1.70 bits per heavy atom.